The van der Waals surface area contributed by atoms with Crippen molar-refractivity contribution in [2.24, 2.45) is 34.5 Å². The molecule has 8 atom stereocenters. The van der Waals surface area contributed by atoms with Gasteiger partial charge in [0, 0.05) is 17.8 Å². The molecule has 0 heterocycles. The van der Waals surface area contributed by atoms with Gasteiger partial charge in [-0.2, -0.15) is 0 Å². The number of hydrogen-bond donors (Lipinski definition) is 0. The van der Waals surface area contributed by atoms with Gasteiger partial charge in [0.15, 0.2) is 11.6 Å². The third kappa shape index (κ3) is 3.90. The lowest BCUT2D eigenvalue weighted by Crippen LogP contribution is -2.62. The fraction of sp³-hybridized carbons (Fsp3) is 0.750. The van der Waals surface area contributed by atoms with Crippen molar-refractivity contribution in [3.05, 3.63) is 23.8 Å². The van der Waals surface area contributed by atoms with Crippen molar-refractivity contribution in [3.63, 3.8) is 0 Å². The van der Waals surface area contributed by atoms with Crippen LogP contribution in [0.5, 0.6) is 0 Å². The lowest BCUT2D eigenvalue weighted by molar-refractivity contribution is -0.154. The molecule has 6 heteroatoms. The van der Waals surface area contributed by atoms with Gasteiger partial charge < -0.3 is 4.74 Å². The van der Waals surface area contributed by atoms with E-state index >= 15 is 4.39 Å². The minimum Gasteiger partial charge on any atom is -0.458 e. The van der Waals surface area contributed by atoms with Crippen molar-refractivity contribution in [3.8, 4) is 0 Å². The van der Waals surface area contributed by atoms with E-state index in [1.807, 2.05) is 6.92 Å². The average Bonchev–Trinajstić information content (AvgIpc) is 3.05. The summed E-state index contributed by atoms with van der Waals surface area (Å²) in [5.41, 5.74) is -2.07. The molecular weight excluding hydrogens is 455 g/mol. The zero-order valence-electron chi connectivity index (χ0n) is 20.9. The lowest BCUT2D eigenvalue weighted by atomic mass is 9.46. The molecule has 0 aromatic rings. The first-order chi connectivity index (χ1) is 16.0. The Morgan fingerprint density at radius 2 is 1.91 bits per heavy atom. The zero-order chi connectivity index (χ0) is 24.9. The number of rotatable bonds is 7. The second kappa shape index (κ2) is 9.19. The molecule has 0 amide bonds. The highest BCUT2D eigenvalue weighted by Gasteiger charge is 2.69. The summed E-state index contributed by atoms with van der Waals surface area (Å²) in [6, 6.07) is 0. The van der Waals surface area contributed by atoms with E-state index in [1.54, 1.807) is 6.08 Å². The summed E-state index contributed by atoms with van der Waals surface area (Å²) in [6.07, 6.45) is 9.99. The van der Waals surface area contributed by atoms with Crippen molar-refractivity contribution in [1.29, 1.82) is 0 Å². The molecule has 4 aliphatic rings. The first-order valence-corrected chi connectivity index (χ1v) is 13.4. The number of ketones is 2. The van der Waals surface area contributed by atoms with Crippen LogP contribution in [0.1, 0.15) is 79.1 Å². The van der Waals surface area contributed by atoms with Crippen LogP contribution in [0.3, 0.4) is 0 Å². The number of halogens is 2. The van der Waals surface area contributed by atoms with Gasteiger partial charge in [-0.25, -0.2) is 4.39 Å². The second-order valence-corrected chi connectivity index (χ2v) is 12.1. The monoisotopic (exact) mass is 492 g/mol. The molecule has 0 aromatic carbocycles. The number of ether oxygens (including phenoxy) is 1. The summed E-state index contributed by atoms with van der Waals surface area (Å²) >= 11 is 6.79. The van der Waals surface area contributed by atoms with Gasteiger partial charge in [-0.1, -0.05) is 39.7 Å². The van der Waals surface area contributed by atoms with Crippen molar-refractivity contribution in [1.82, 2.24) is 0 Å². The Bertz CT molecular complexity index is 927. The number of esters is 1. The van der Waals surface area contributed by atoms with Crippen LogP contribution in [-0.4, -0.2) is 35.2 Å². The van der Waals surface area contributed by atoms with Crippen LogP contribution in [0.4, 0.5) is 4.39 Å². The van der Waals surface area contributed by atoms with Crippen LogP contribution in [0.2, 0.25) is 0 Å². The number of allylic oxidation sites excluding steroid dienone is 4. The lowest BCUT2D eigenvalue weighted by Gasteiger charge is -2.61. The molecule has 3 fully saturated rings. The van der Waals surface area contributed by atoms with Crippen LogP contribution in [0, 0.1) is 34.5 Å². The molecule has 4 nitrogen and oxygen atoms in total. The second-order valence-electron chi connectivity index (χ2n) is 11.6. The van der Waals surface area contributed by atoms with Gasteiger partial charge in [-0.15, -0.1) is 11.6 Å². The first kappa shape index (κ1) is 25.6. The summed E-state index contributed by atoms with van der Waals surface area (Å²) in [6.45, 7) is 7.96. The molecule has 0 saturated heterocycles. The van der Waals surface area contributed by atoms with E-state index in [0.717, 1.165) is 25.7 Å². The van der Waals surface area contributed by atoms with Gasteiger partial charge in [0.25, 0.3) is 0 Å². The van der Waals surface area contributed by atoms with Crippen molar-refractivity contribution in [2.45, 2.75) is 90.1 Å². The molecule has 2 unspecified atom stereocenters. The Morgan fingerprint density at radius 3 is 2.62 bits per heavy atom. The third-order valence-electron chi connectivity index (χ3n) is 9.70. The number of alkyl halides is 2. The van der Waals surface area contributed by atoms with Gasteiger partial charge in [-0.05, 0) is 79.9 Å². The maximum atomic E-state index is 17.1. The van der Waals surface area contributed by atoms with Crippen molar-refractivity contribution < 1.29 is 23.5 Å². The Labute approximate surface area is 207 Å². The Hall–Kier alpha value is -1.49. The fourth-order valence-corrected chi connectivity index (χ4v) is 8.44. The highest BCUT2D eigenvalue weighted by atomic mass is 35.5. The molecule has 0 N–H and O–H groups in total. The molecule has 4 rings (SSSR count). The summed E-state index contributed by atoms with van der Waals surface area (Å²) in [5, 5.41) is -0.399. The van der Waals surface area contributed by atoms with Gasteiger partial charge in [0.1, 0.15) is 12.3 Å². The van der Waals surface area contributed by atoms with Crippen LogP contribution < -0.4 is 0 Å². The zero-order valence-corrected chi connectivity index (χ0v) is 21.6. The molecule has 0 spiro atoms. The summed E-state index contributed by atoms with van der Waals surface area (Å²) in [7, 11) is 0. The van der Waals surface area contributed by atoms with E-state index < -0.39 is 16.5 Å². The topological polar surface area (TPSA) is 60.4 Å². The molecule has 0 bridgehead atoms. The number of fused-ring (bicyclic) bond motifs is 5. The molecule has 3 saturated carbocycles. The van der Waals surface area contributed by atoms with E-state index in [2.05, 4.69) is 20.8 Å². The smallest absolute Gasteiger partial charge is 0.306 e. The molecule has 4 aliphatic carbocycles. The number of Topliss-reactive ketones (excluding diaryl/α,β-unsaturated/α-hetero) is 1. The molecule has 188 valence electrons. The average molecular weight is 493 g/mol. The minimum absolute atomic E-state index is 0.0149. The van der Waals surface area contributed by atoms with Crippen molar-refractivity contribution in [2.75, 3.05) is 6.61 Å². The summed E-state index contributed by atoms with van der Waals surface area (Å²) < 4.78 is 22.4. The van der Waals surface area contributed by atoms with Crippen LogP contribution in [0.15, 0.2) is 23.8 Å². The number of unbranched alkanes of at least 4 members (excludes halogenated alkanes) is 2. The van der Waals surface area contributed by atoms with Gasteiger partial charge in [0.05, 0.1) is 5.38 Å². The summed E-state index contributed by atoms with van der Waals surface area (Å²) in [4.78, 5) is 37.4. The van der Waals surface area contributed by atoms with Gasteiger partial charge in [-0.3, -0.25) is 14.4 Å². The molecule has 0 aliphatic heterocycles. The van der Waals surface area contributed by atoms with E-state index in [1.165, 1.54) is 12.2 Å². The Kier molecular flexibility index (Phi) is 6.92. The van der Waals surface area contributed by atoms with Gasteiger partial charge >= 0.3 is 5.97 Å². The SMILES string of the molecule is CCCCCC(=O)OCC(=O)[C@H]1C(C)C[C@H]2[C@@H]3CC(Cl)C4=CC(=O)C=C[C@]4(C)[C@@]3(F)CC[C@]12C. The predicted molar refractivity (Wildman–Crippen MR) is 130 cm³/mol. The molecular formula is C28H38ClFO4. The molecule has 34 heavy (non-hydrogen) atoms. The molecule has 0 aromatic heterocycles. The van der Waals surface area contributed by atoms with Crippen molar-refractivity contribution >= 4 is 29.1 Å². The highest BCUT2D eigenvalue weighted by Crippen LogP contribution is 2.70. The molecule has 0 radical (unpaired) electrons. The maximum Gasteiger partial charge on any atom is 0.306 e. The third-order valence-corrected chi connectivity index (χ3v) is 10.1. The standard InChI is InChI=1S/C28H38ClFO4/c1-5-6-7-8-24(33)34-16-23(32)25-17(2)13-19-20-15-22(29)21-14-18(31)9-10-27(21,4)28(20,30)12-11-26(19,25)3/h9-10,14,17,19-20,22,25H,5-8,11-13,15-16H2,1-4H3/t17?,19-,20-,22?,25+,26-,27-,28+/m0/s1. The number of carbonyl (C=O) groups excluding carboxylic acids is 3. The normalized spacial score (nSPS) is 42.9. The maximum absolute atomic E-state index is 17.1. The quantitative estimate of drug-likeness (QED) is 0.242. The van der Waals surface area contributed by atoms with E-state index in [-0.39, 0.29) is 53.2 Å². The predicted octanol–water partition coefficient (Wildman–Crippen LogP) is 6.16. The van der Waals surface area contributed by atoms with E-state index in [0.29, 0.717) is 31.3 Å². The Balaban J connectivity index is 1.54. The van der Waals surface area contributed by atoms with Crippen LogP contribution in [-0.2, 0) is 19.1 Å². The Morgan fingerprint density at radius 1 is 1.18 bits per heavy atom. The van der Waals surface area contributed by atoms with Crippen LogP contribution in [0.25, 0.3) is 0 Å². The van der Waals surface area contributed by atoms with Crippen LogP contribution >= 0.6 is 11.6 Å². The van der Waals surface area contributed by atoms with E-state index in [4.69, 9.17) is 16.3 Å². The summed E-state index contributed by atoms with van der Waals surface area (Å²) in [5.74, 6) is -0.931. The van der Waals surface area contributed by atoms with Gasteiger partial charge in [0.2, 0.25) is 0 Å². The van der Waals surface area contributed by atoms with E-state index in [9.17, 15) is 14.4 Å². The first-order valence-electron chi connectivity index (χ1n) is 12.9. The fourth-order valence-electron chi connectivity index (χ4n) is 7.96. The largest absolute Gasteiger partial charge is 0.458 e. The highest BCUT2D eigenvalue weighted by molar-refractivity contribution is 6.23. The number of carbonyl (C=O) groups is 3. The number of hydrogen-bond acceptors (Lipinski definition) is 4. The minimum atomic E-state index is -1.50.